The molecule has 8 heteroatoms. The highest BCUT2D eigenvalue weighted by Crippen LogP contribution is 2.22. The first-order valence-electron chi connectivity index (χ1n) is 8.78. The lowest BCUT2D eigenvalue weighted by Crippen LogP contribution is -2.54. The number of halogens is 1. The Hall–Kier alpha value is -0.700. The van der Waals surface area contributed by atoms with Gasteiger partial charge in [-0.05, 0) is 43.3 Å². The molecule has 0 unspecified atom stereocenters. The molecule has 0 atom stereocenters. The summed E-state index contributed by atoms with van der Waals surface area (Å²) < 4.78 is 27.9. The quantitative estimate of drug-likeness (QED) is 0.724. The zero-order valence-corrected chi connectivity index (χ0v) is 17.4. The highest BCUT2D eigenvalue weighted by molar-refractivity contribution is 9.10. The molecule has 2 fully saturated rings. The van der Waals surface area contributed by atoms with E-state index in [1.807, 2.05) is 6.07 Å². The van der Waals surface area contributed by atoms with Crippen molar-refractivity contribution >= 4 is 43.3 Å². The fraction of sp³-hybridized carbons (Fsp3) is 0.588. The smallest absolute Gasteiger partial charge is 0.243 e. The van der Waals surface area contributed by atoms with Gasteiger partial charge in [-0.1, -0.05) is 41.3 Å². The van der Waals surface area contributed by atoms with Crippen molar-refractivity contribution in [1.29, 1.82) is 0 Å². The Kier molecular flexibility index (Phi) is 6.35. The SMILES string of the molecule is O=S(=O)(c1cccc(Br)c1)N1CCN(C(=S)NC2CCCCC2)CC1. The molecule has 1 heterocycles. The Balaban J connectivity index is 1.56. The third-order valence-electron chi connectivity index (χ3n) is 4.89. The molecule has 1 saturated heterocycles. The fourth-order valence-electron chi connectivity index (χ4n) is 3.42. The predicted octanol–water partition coefficient (Wildman–Crippen LogP) is 2.96. The Morgan fingerprint density at radius 2 is 1.80 bits per heavy atom. The second-order valence-corrected chi connectivity index (χ2v) is 9.87. The van der Waals surface area contributed by atoms with Crippen LogP contribution < -0.4 is 5.32 Å². The molecule has 1 aliphatic carbocycles. The summed E-state index contributed by atoms with van der Waals surface area (Å²) in [6, 6.07) is 7.34. The van der Waals surface area contributed by atoms with Gasteiger partial charge in [-0.3, -0.25) is 0 Å². The average Bonchev–Trinajstić information content (AvgIpc) is 2.62. The minimum Gasteiger partial charge on any atom is -0.360 e. The molecule has 1 saturated carbocycles. The van der Waals surface area contributed by atoms with Crippen molar-refractivity contribution in [3.05, 3.63) is 28.7 Å². The topological polar surface area (TPSA) is 52.7 Å². The molecule has 1 aliphatic heterocycles. The van der Waals surface area contributed by atoms with Crippen LogP contribution in [0.25, 0.3) is 0 Å². The molecule has 3 rings (SSSR count). The van der Waals surface area contributed by atoms with Crippen LogP contribution in [0.5, 0.6) is 0 Å². The van der Waals surface area contributed by atoms with Crippen LogP contribution in [0.4, 0.5) is 0 Å². The normalized spacial score (nSPS) is 20.4. The van der Waals surface area contributed by atoms with Crippen molar-refractivity contribution in [1.82, 2.24) is 14.5 Å². The summed E-state index contributed by atoms with van der Waals surface area (Å²) in [4.78, 5) is 2.43. The summed E-state index contributed by atoms with van der Waals surface area (Å²) in [5.41, 5.74) is 0. The summed E-state index contributed by atoms with van der Waals surface area (Å²) in [7, 11) is -3.45. The van der Waals surface area contributed by atoms with Gasteiger partial charge < -0.3 is 10.2 Å². The molecule has 0 bridgehead atoms. The van der Waals surface area contributed by atoms with E-state index in [0.717, 1.165) is 9.59 Å². The molecule has 5 nitrogen and oxygen atoms in total. The van der Waals surface area contributed by atoms with Crippen molar-refractivity contribution in [2.24, 2.45) is 0 Å². The second-order valence-electron chi connectivity index (χ2n) is 6.63. The summed E-state index contributed by atoms with van der Waals surface area (Å²) >= 11 is 8.88. The van der Waals surface area contributed by atoms with Gasteiger partial charge >= 0.3 is 0 Å². The number of nitrogens with zero attached hydrogens (tertiary/aromatic N) is 2. The van der Waals surface area contributed by atoms with E-state index in [1.165, 1.54) is 32.1 Å². The molecule has 0 aromatic heterocycles. The molecule has 1 N–H and O–H groups in total. The van der Waals surface area contributed by atoms with Gasteiger partial charge in [0.1, 0.15) is 0 Å². The first-order valence-corrected chi connectivity index (χ1v) is 11.4. The first kappa shape index (κ1) is 19.1. The molecule has 138 valence electrons. The molecule has 0 spiro atoms. The highest BCUT2D eigenvalue weighted by Gasteiger charge is 2.29. The van der Waals surface area contributed by atoms with E-state index < -0.39 is 10.0 Å². The van der Waals surface area contributed by atoms with Crippen molar-refractivity contribution in [3.8, 4) is 0 Å². The predicted molar refractivity (Wildman–Crippen MR) is 107 cm³/mol. The summed E-state index contributed by atoms with van der Waals surface area (Å²) in [5.74, 6) is 0. The molecular weight excluding hydrogens is 422 g/mol. The van der Waals surface area contributed by atoms with Gasteiger partial charge in [0, 0.05) is 36.7 Å². The molecule has 1 aromatic rings. The second kappa shape index (κ2) is 8.33. The molecule has 0 radical (unpaired) electrons. The van der Waals surface area contributed by atoms with Crippen LogP contribution in [0.1, 0.15) is 32.1 Å². The maximum Gasteiger partial charge on any atom is 0.243 e. The van der Waals surface area contributed by atoms with Crippen LogP contribution in [-0.4, -0.2) is 55.0 Å². The van der Waals surface area contributed by atoms with Crippen molar-refractivity contribution < 1.29 is 8.42 Å². The summed E-state index contributed by atoms with van der Waals surface area (Å²) in [6.07, 6.45) is 6.20. The van der Waals surface area contributed by atoms with E-state index >= 15 is 0 Å². The van der Waals surface area contributed by atoms with Gasteiger partial charge in [0.2, 0.25) is 10.0 Å². The zero-order chi connectivity index (χ0) is 17.9. The van der Waals surface area contributed by atoms with Crippen LogP contribution >= 0.6 is 28.1 Å². The van der Waals surface area contributed by atoms with Crippen LogP contribution in [0.3, 0.4) is 0 Å². The molecule has 25 heavy (non-hydrogen) atoms. The molecule has 1 aromatic carbocycles. The lowest BCUT2D eigenvalue weighted by atomic mass is 9.96. The fourth-order valence-corrected chi connectivity index (χ4v) is 5.79. The van der Waals surface area contributed by atoms with Gasteiger partial charge in [-0.25, -0.2) is 8.42 Å². The van der Waals surface area contributed by atoms with Gasteiger partial charge in [0.15, 0.2) is 5.11 Å². The van der Waals surface area contributed by atoms with Crippen LogP contribution in [0.15, 0.2) is 33.6 Å². The Bertz CT molecular complexity index is 712. The standard InChI is InChI=1S/C17H24BrN3O2S2/c18-14-5-4-8-16(13-14)25(22,23)21-11-9-20(10-12-21)17(24)19-15-6-2-1-3-7-15/h4-5,8,13,15H,1-3,6-7,9-12H2,(H,19,24). The summed E-state index contributed by atoms with van der Waals surface area (Å²) in [6.45, 7) is 2.18. The number of piperazine rings is 1. The maximum atomic E-state index is 12.8. The number of rotatable bonds is 3. The number of benzene rings is 1. The highest BCUT2D eigenvalue weighted by atomic mass is 79.9. The minimum atomic E-state index is -3.45. The number of hydrogen-bond acceptors (Lipinski definition) is 3. The minimum absolute atomic E-state index is 0.332. The van der Waals surface area contributed by atoms with E-state index in [9.17, 15) is 8.42 Å². The molecule has 0 amide bonds. The van der Waals surface area contributed by atoms with Crippen molar-refractivity contribution in [2.75, 3.05) is 26.2 Å². The number of hydrogen-bond donors (Lipinski definition) is 1. The molecule has 2 aliphatic rings. The lowest BCUT2D eigenvalue weighted by Gasteiger charge is -2.37. The Morgan fingerprint density at radius 1 is 1.12 bits per heavy atom. The first-order chi connectivity index (χ1) is 12.0. The maximum absolute atomic E-state index is 12.8. The Morgan fingerprint density at radius 3 is 2.44 bits per heavy atom. The monoisotopic (exact) mass is 445 g/mol. The lowest BCUT2D eigenvalue weighted by molar-refractivity contribution is 0.259. The number of sulfonamides is 1. The van der Waals surface area contributed by atoms with Crippen molar-refractivity contribution in [3.63, 3.8) is 0 Å². The van der Waals surface area contributed by atoms with Gasteiger partial charge in [-0.2, -0.15) is 4.31 Å². The van der Waals surface area contributed by atoms with E-state index in [0.29, 0.717) is 37.1 Å². The number of nitrogens with one attached hydrogen (secondary N) is 1. The largest absolute Gasteiger partial charge is 0.360 e. The Labute approximate surface area is 163 Å². The van der Waals surface area contributed by atoms with Crippen LogP contribution in [-0.2, 0) is 10.0 Å². The number of thiocarbonyl (C=S) groups is 1. The van der Waals surface area contributed by atoms with Gasteiger partial charge in [0.05, 0.1) is 4.90 Å². The van der Waals surface area contributed by atoms with E-state index in [1.54, 1.807) is 22.5 Å². The van der Waals surface area contributed by atoms with Gasteiger partial charge in [0.25, 0.3) is 0 Å². The zero-order valence-electron chi connectivity index (χ0n) is 14.2. The van der Waals surface area contributed by atoms with E-state index in [2.05, 4.69) is 26.1 Å². The van der Waals surface area contributed by atoms with E-state index in [4.69, 9.17) is 12.2 Å². The van der Waals surface area contributed by atoms with Crippen LogP contribution in [0, 0.1) is 0 Å². The third-order valence-corrected chi connectivity index (χ3v) is 7.66. The van der Waals surface area contributed by atoms with Crippen molar-refractivity contribution in [2.45, 2.75) is 43.0 Å². The van der Waals surface area contributed by atoms with E-state index in [-0.39, 0.29) is 0 Å². The average molecular weight is 446 g/mol. The summed E-state index contributed by atoms with van der Waals surface area (Å²) in [5, 5.41) is 4.23. The molecular formula is C17H24BrN3O2S2. The third kappa shape index (κ3) is 4.72. The van der Waals surface area contributed by atoms with Crippen LogP contribution in [0.2, 0.25) is 0 Å². The van der Waals surface area contributed by atoms with Gasteiger partial charge in [-0.15, -0.1) is 0 Å².